The van der Waals surface area contributed by atoms with Crippen LogP contribution in [0.5, 0.6) is 0 Å². The summed E-state index contributed by atoms with van der Waals surface area (Å²) in [5, 5.41) is 2.81. The third-order valence-corrected chi connectivity index (χ3v) is 4.32. The minimum absolute atomic E-state index is 0.0616. The van der Waals surface area contributed by atoms with Gasteiger partial charge in [-0.05, 0) is 36.4 Å². The highest BCUT2D eigenvalue weighted by molar-refractivity contribution is 5.98. The predicted octanol–water partition coefficient (Wildman–Crippen LogP) is 1.97. The molecule has 0 aliphatic carbocycles. The lowest BCUT2D eigenvalue weighted by Gasteiger charge is -2.15. The Labute approximate surface area is 151 Å². The zero-order valence-corrected chi connectivity index (χ0v) is 14.8. The molecule has 0 spiro atoms. The summed E-state index contributed by atoms with van der Waals surface area (Å²) < 4.78 is 5.26. The highest BCUT2D eigenvalue weighted by atomic mass is 16.3. The van der Waals surface area contributed by atoms with Crippen molar-refractivity contribution in [3.05, 3.63) is 54.0 Å². The van der Waals surface area contributed by atoms with Crippen LogP contribution in [0.2, 0.25) is 0 Å². The number of likely N-dealkylation sites (tertiary alicyclic amines) is 1. The van der Waals surface area contributed by atoms with Crippen LogP contribution in [0.15, 0.2) is 47.1 Å². The van der Waals surface area contributed by atoms with Crippen LogP contribution in [0, 0.1) is 5.92 Å². The van der Waals surface area contributed by atoms with E-state index in [9.17, 15) is 14.4 Å². The largest absolute Gasteiger partial charge is 0.467 e. The van der Waals surface area contributed by atoms with Gasteiger partial charge in [-0.3, -0.25) is 14.4 Å². The van der Waals surface area contributed by atoms with E-state index in [4.69, 9.17) is 4.42 Å². The Bertz CT molecular complexity index is 797. The lowest BCUT2D eigenvalue weighted by Crippen LogP contribution is -2.28. The minimum atomic E-state index is -0.402. The number of furan rings is 1. The molecular weight excluding hydrogens is 334 g/mol. The highest BCUT2D eigenvalue weighted by Crippen LogP contribution is 2.22. The number of rotatable bonds is 5. The van der Waals surface area contributed by atoms with Crippen LogP contribution in [0.1, 0.15) is 22.5 Å². The van der Waals surface area contributed by atoms with Crippen molar-refractivity contribution in [1.82, 2.24) is 9.80 Å². The molecule has 1 atom stereocenters. The van der Waals surface area contributed by atoms with Gasteiger partial charge in [0.05, 0.1) is 18.7 Å². The van der Waals surface area contributed by atoms with Crippen LogP contribution in [0.3, 0.4) is 0 Å². The molecule has 1 fully saturated rings. The Balaban J connectivity index is 1.58. The van der Waals surface area contributed by atoms with Gasteiger partial charge >= 0.3 is 0 Å². The molecule has 0 radical (unpaired) electrons. The maximum Gasteiger partial charge on any atom is 0.253 e. The van der Waals surface area contributed by atoms with Crippen molar-refractivity contribution >= 4 is 23.4 Å². The fourth-order valence-electron chi connectivity index (χ4n) is 2.89. The number of carbonyl (C=O) groups is 3. The second kappa shape index (κ2) is 7.43. The molecule has 7 heteroatoms. The van der Waals surface area contributed by atoms with Crippen LogP contribution in [-0.2, 0) is 16.1 Å². The molecule has 1 aromatic carbocycles. The third-order valence-electron chi connectivity index (χ3n) is 4.32. The summed E-state index contributed by atoms with van der Waals surface area (Å²) in [6.45, 7) is 0.736. The van der Waals surface area contributed by atoms with Gasteiger partial charge in [0, 0.05) is 38.3 Å². The molecule has 2 heterocycles. The quantitative estimate of drug-likeness (QED) is 0.889. The Hall–Kier alpha value is -3.09. The molecular formula is C19H21N3O4. The number of nitrogens with zero attached hydrogens (tertiary/aromatic N) is 2. The summed E-state index contributed by atoms with van der Waals surface area (Å²) >= 11 is 0. The molecule has 1 aliphatic rings. The first-order chi connectivity index (χ1) is 12.4. The van der Waals surface area contributed by atoms with Gasteiger partial charge in [-0.1, -0.05) is 0 Å². The van der Waals surface area contributed by atoms with E-state index >= 15 is 0 Å². The van der Waals surface area contributed by atoms with Gasteiger partial charge < -0.3 is 19.5 Å². The first kappa shape index (κ1) is 17.7. The molecule has 136 valence electrons. The van der Waals surface area contributed by atoms with Crippen molar-refractivity contribution < 1.29 is 18.8 Å². The Morgan fingerprint density at radius 3 is 2.58 bits per heavy atom. The summed E-state index contributed by atoms with van der Waals surface area (Å²) in [5.74, 6) is -0.0700. The third kappa shape index (κ3) is 3.93. The number of nitrogens with one attached hydrogen (secondary N) is 1. The molecule has 1 saturated heterocycles. The summed E-state index contributed by atoms with van der Waals surface area (Å²) in [7, 11) is 3.37. The maximum absolute atomic E-state index is 12.4. The average Bonchev–Trinajstić information content (AvgIpc) is 3.25. The molecule has 3 amide bonds. The molecule has 0 saturated carbocycles. The van der Waals surface area contributed by atoms with E-state index in [1.807, 2.05) is 0 Å². The van der Waals surface area contributed by atoms with Gasteiger partial charge in [0.2, 0.25) is 11.8 Å². The van der Waals surface area contributed by atoms with Crippen LogP contribution < -0.4 is 5.32 Å². The van der Waals surface area contributed by atoms with E-state index in [1.54, 1.807) is 61.7 Å². The zero-order chi connectivity index (χ0) is 18.7. The van der Waals surface area contributed by atoms with Crippen LogP contribution in [0.25, 0.3) is 0 Å². The lowest BCUT2D eigenvalue weighted by molar-refractivity contribution is -0.128. The molecule has 1 unspecified atom stereocenters. The first-order valence-corrected chi connectivity index (χ1v) is 8.37. The first-order valence-electron chi connectivity index (χ1n) is 8.37. The molecule has 26 heavy (non-hydrogen) atoms. The molecule has 1 aromatic heterocycles. The number of carbonyl (C=O) groups excluding carboxylic acids is 3. The number of hydrogen-bond donors (Lipinski definition) is 1. The van der Waals surface area contributed by atoms with Crippen molar-refractivity contribution in [2.45, 2.75) is 13.0 Å². The van der Waals surface area contributed by atoms with Gasteiger partial charge in [-0.15, -0.1) is 0 Å². The fourth-order valence-corrected chi connectivity index (χ4v) is 2.89. The average molecular weight is 355 g/mol. The fraction of sp³-hybridized carbons (Fsp3) is 0.316. The number of anilines is 1. The van der Waals surface area contributed by atoms with E-state index in [0.29, 0.717) is 30.1 Å². The second-order valence-corrected chi connectivity index (χ2v) is 6.52. The summed E-state index contributed by atoms with van der Waals surface area (Å²) in [4.78, 5) is 39.6. The maximum atomic E-state index is 12.4. The molecule has 1 N–H and O–H groups in total. The van der Waals surface area contributed by atoms with Gasteiger partial charge in [0.1, 0.15) is 5.76 Å². The highest BCUT2D eigenvalue weighted by Gasteiger charge is 2.34. The summed E-state index contributed by atoms with van der Waals surface area (Å²) in [6.07, 6.45) is 1.74. The molecule has 3 rings (SSSR count). The monoisotopic (exact) mass is 355 g/mol. The van der Waals surface area contributed by atoms with Crippen molar-refractivity contribution in [3.63, 3.8) is 0 Å². The summed E-state index contributed by atoms with van der Waals surface area (Å²) in [5.41, 5.74) is 1.15. The molecule has 2 aromatic rings. The topological polar surface area (TPSA) is 82.9 Å². The van der Waals surface area contributed by atoms with Crippen LogP contribution in [-0.4, -0.2) is 48.2 Å². The van der Waals surface area contributed by atoms with Crippen LogP contribution in [0.4, 0.5) is 5.69 Å². The Kier molecular flexibility index (Phi) is 5.06. The zero-order valence-electron chi connectivity index (χ0n) is 14.8. The van der Waals surface area contributed by atoms with Crippen molar-refractivity contribution in [2.24, 2.45) is 5.92 Å². The number of amides is 3. The van der Waals surface area contributed by atoms with E-state index in [1.165, 1.54) is 4.90 Å². The number of hydrogen-bond acceptors (Lipinski definition) is 4. The van der Waals surface area contributed by atoms with Gasteiger partial charge in [0.25, 0.3) is 5.91 Å². The number of benzene rings is 1. The van der Waals surface area contributed by atoms with E-state index in [0.717, 1.165) is 0 Å². The van der Waals surface area contributed by atoms with Crippen molar-refractivity contribution in [2.75, 3.05) is 26.0 Å². The Morgan fingerprint density at radius 2 is 1.96 bits per heavy atom. The molecule has 7 nitrogen and oxygen atoms in total. The molecule has 1 aliphatic heterocycles. The van der Waals surface area contributed by atoms with Crippen LogP contribution >= 0.6 is 0 Å². The van der Waals surface area contributed by atoms with Gasteiger partial charge in [-0.25, -0.2) is 0 Å². The van der Waals surface area contributed by atoms with E-state index in [-0.39, 0.29) is 24.1 Å². The molecule has 0 bridgehead atoms. The Morgan fingerprint density at radius 1 is 1.23 bits per heavy atom. The van der Waals surface area contributed by atoms with Crippen molar-refractivity contribution in [1.29, 1.82) is 0 Å². The van der Waals surface area contributed by atoms with Crippen molar-refractivity contribution in [3.8, 4) is 0 Å². The smallest absolute Gasteiger partial charge is 0.253 e. The lowest BCUT2D eigenvalue weighted by atomic mass is 10.1. The SMILES string of the molecule is CN(C)C(=O)c1ccc(NC(=O)C2CC(=O)N(Cc3ccco3)C2)cc1. The standard InChI is InChI=1S/C19H21N3O4/c1-21(2)19(25)13-5-7-15(8-6-13)20-18(24)14-10-17(23)22(11-14)12-16-4-3-9-26-16/h3-9,14H,10-12H2,1-2H3,(H,20,24). The summed E-state index contributed by atoms with van der Waals surface area (Å²) in [6, 6.07) is 10.3. The minimum Gasteiger partial charge on any atom is -0.467 e. The van der Waals surface area contributed by atoms with E-state index < -0.39 is 5.92 Å². The second-order valence-electron chi connectivity index (χ2n) is 6.52. The van der Waals surface area contributed by atoms with Gasteiger partial charge in [0.15, 0.2) is 0 Å². The van der Waals surface area contributed by atoms with E-state index in [2.05, 4.69) is 5.32 Å². The normalized spacial score (nSPS) is 16.6. The van der Waals surface area contributed by atoms with Gasteiger partial charge in [-0.2, -0.15) is 0 Å². The predicted molar refractivity (Wildman–Crippen MR) is 95.3 cm³/mol.